The Labute approximate surface area is 255 Å². The molecule has 2 fully saturated rings. The highest BCUT2D eigenvalue weighted by Gasteiger charge is 2.41. The molecule has 16 heteroatoms. The molecule has 5 rings (SSSR count). The van der Waals surface area contributed by atoms with Crippen molar-refractivity contribution in [2.45, 2.75) is 25.7 Å². The maximum Gasteiger partial charge on any atom is 0.325 e. The summed E-state index contributed by atoms with van der Waals surface area (Å²) in [5.74, 6) is -1.38. The Morgan fingerprint density at radius 1 is 1.11 bits per heavy atom. The molecule has 4 heterocycles. The number of nitrogens with zero attached hydrogens (tertiary/aromatic N) is 6. The van der Waals surface area contributed by atoms with E-state index in [0.717, 1.165) is 10.1 Å². The predicted molar refractivity (Wildman–Crippen MR) is 159 cm³/mol. The number of alkyl halides is 1. The largest absolute Gasteiger partial charge is 0.353 e. The van der Waals surface area contributed by atoms with Crippen molar-refractivity contribution in [3.8, 4) is 0 Å². The van der Waals surface area contributed by atoms with Crippen LogP contribution >= 0.6 is 11.6 Å². The molecule has 2 aliphatic rings. The molecule has 5 amide bonds. The summed E-state index contributed by atoms with van der Waals surface area (Å²) >= 11 is 5.93. The van der Waals surface area contributed by atoms with Crippen LogP contribution in [0.1, 0.15) is 22.8 Å². The van der Waals surface area contributed by atoms with Gasteiger partial charge in [0.1, 0.15) is 23.3 Å². The molecule has 14 nitrogen and oxygen atoms in total. The lowest BCUT2D eigenvalue weighted by molar-refractivity contribution is -0.144. The van der Waals surface area contributed by atoms with Crippen molar-refractivity contribution in [2.24, 2.45) is 5.73 Å². The number of nitrogens with two attached hydrogens (primary N) is 1. The number of halogens is 2. The van der Waals surface area contributed by atoms with Gasteiger partial charge < -0.3 is 26.2 Å². The summed E-state index contributed by atoms with van der Waals surface area (Å²) in [6.45, 7) is 1.76. The molecule has 44 heavy (non-hydrogen) atoms. The Morgan fingerprint density at radius 2 is 1.84 bits per heavy atom. The van der Waals surface area contributed by atoms with E-state index in [0.29, 0.717) is 11.6 Å². The van der Waals surface area contributed by atoms with Gasteiger partial charge in [0.15, 0.2) is 11.5 Å². The van der Waals surface area contributed by atoms with Gasteiger partial charge in [-0.25, -0.2) is 19.2 Å². The molecule has 0 bridgehead atoms. The van der Waals surface area contributed by atoms with Crippen molar-refractivity contribution in [2.75, 3.05) is 50.7 Å². The lowest BCUT2D eigenvalue weighted by Gasteiger charge is -2.42. The van der Waals surface area contributed by atoms with E-state index in [-0.39, 0.29) is 80.3 Å². The Kier molecular flexibility index (Phi) is 8.78. The van der Waals surface area contributed by atoms with Gasteiger partial charge in [0.25, 0.3) is 11.5 Å². The summed E-state index contributed by atoms with van der Waals surface area (Å²) in [6, 6.07) is 7.71. The first-order chi connectivity index (χ1) is 21.0. The number of amides is 5. The summed E-state index contributed by atoms with van der Waals surface area (Å²) in [4.78, 5) is 77.3. The normalized spacial score (nSPS) is 15.8. The van der Waals surface area contributed by atoms with Crippen molar-refractivity contribution in [1.29, 1.82) is 0 Å². The first-order valence-electron chi connectivity index (χ1n) is 13.9. The van der Waals surface area contributed by atoms with Crippen LogP contribution in [-0.4, -0.2) is 99.6 Å². The second-order valence-electron chi connectivity index (χ2n) is 10.8. The van der Waals surface area contributed by atoms with E-state index in [2.05, 4.69) is 20.6 Å². The van der Waals surface area contributed by atoms with Gasteiger partial charge >= 0.3 is 6.03 Å². The third kappa shape index (κ3) is 6.63. The molecule has 3 aromatic rings. The van der Waals surface area contributed by atoms with E-state index in [1.165, 1.54) is 33.9 Å². The number of urea groups is 1. The molecule has 4 N–H and O–H groups in total. The fourth-order valence-electron chi connectivity index (χ4n) is 5.02. The topological polar surface area (TPSA) is 176 Å². The van der Waals surface area contributed by atoms with E-state index in [1.807, 2.05) is 0 Å². The summed E-state index contributed by atoms with van der Waals surface area (Å²) in [7, 11) is 0. The minimum absolute atomic E-state index is 0.0258. The lowest BCUT2D eigenvalue weighted by Crippen LogP contribution is -2.60. The zero-order valence-electron chi connectivity index (χ0n) is 23.9. The molecule has 0 saturated carbocycles. The zero-order valence-corrected chi connectivity index (χ0v) is 24.6. The summed E-state index contributed by atoms with van der Waals surface area (Å²) in [5, 5.41) is 5.84. The fourth-order valence-corrected chi connectivity index (χ4v) is 5.14. The van der Waals surface area contributed by atoms with Gasteiger partial charge in [0.2, 0.25) is 11.8 Å². The van der Waals surface area contributed by atoms with Crippen molar-refractivity contribution in [1.82, 2.24) is 35.0 Å². The number of carbonyl (C=O) groups excluding carboxylic acids is 4. The molecular weight excluding hydrogens is 597 g/mol. The molecule has 0 aliphatic carbocycles. The minimum atomic E-state index is -1.51. The number of pyridine rings is 1. The Morgan fingerprint density at radius 3 is 2.52 bits per heavy atom. The van der Waals surface area contributed by atoms with E-state index in [1.54, 1.807) is 24.3 Å². The molecule has 2 saturated heterocycles. The number of carbonyl (C=O) groups is 4. The van der Waals surface area contributed by atoms with Gasteiger partial charge in [0, 0.05) is 37.7 Å². The van der Waals surface area contributed by atoms with Gasteiger partial charge in [-0.1, -0.05) is 23.7 Å². The average molecular weight is 628 g/mol. The Bertz CT molecular complexity index is 1670. The van der Waals surface area contributed by atoms with Crippen LogP contribution in [0.25, 0.3) is 11.2 Å². The zero-order chi connectivity index (χ0) is 31.6. The van der Waals surface area contributed by atoms with Gasteiger partial charge in [-0.05, 0) is 30.7 Å². The molecule has 0 atom stereocenters. The molecule has 1 aromatic carbocycles. The summed E-state index contributed by atoms with van der Waals surface area (Å²) in [6.07, 6.45) is 1.31. The van der Waals surface area contributed by atoms with Gasteiger partial charge in [0.05, 0.1) is 25.8 Å². The van der Waals surface area contributed by atoms with Crippen LogP contribution in [-0.2, 0) is 22.7 Å². The smallest absolute Gasteiger partial charge is 0.325 e. The number of rotatable bonds is 10. The summed E-state index contributed by atoms with van der Waals surface area (Å²) < 4.78 is 15.1. The molecule has 0 radical (unpaired) electrons. The van der Waals surface area contributed by atoms with Crippen LogP contribution in [0.5, 0.6) is 0 Å². The Balaban J connectivity index is 1.43. The molecule has 0 spiro atoms. The van der Waals surface area contributed by atoms with Crippen LogP contribution < -0.4 is 26.8 Å². The number of likely N-dealkylation sites (tertiary alicyclic amines) is 1. The van der Waals surface area contributed by atoms with E-state index in [9.17, 15) is 28.4 Å². The Hall–Kier alpha value is -4.63. The maximum absolute atomic E-state index is 14.1. The highest BCUT2D eigenvalue weighted by Crippen LogP contribution is 2.25. The van der Waals surface area contributed by atoms with Crippen molar-refractivity contribution >= 4 is 52.3 Å². The number of fused-ring (bicyclic) bond motifs is 1. The van der Waals surface area contributed by atoms with E-state index >= 15 is 0 Å². The maximum atomic E-state index is 14.1. The third-order valence-corrected chi connectivity index (χ3v) is 7.59. The predicted octanol–water partition coefficient (Wildman–Crippen LogP) is 0.262. The second kappa shape index (κ2) is 12.5. The number of hydrogen-bond acceptors (Lipinski definition) is 8. The lowest BCUT2D eigenvalue weighted by atomic mass is 9.99. The van der Waals surface area contributed by atoms with Crippen molar-refractivity contribution in [3.63, 3.8) is 0 Å². The number of aromatic nitrogens is 3. The van der Waals surface area contributed by atoms with Crippen LogP contribution in [0.2, 0.25) is 5.02 Å². The number of nitrogens with one attached hydrogen (secondary N) is 2. The van der Waals surface area contributed by atoms with Crippen LogP contribution in [0.3, 0.4) is 0 Å². The standard InChI is InChI=1S/C28H31ClFN9O5/c1-28(30)15-37(16-28)23(41)14-39-24-20(10-19(26(39)43)25(42)34-12-17-2-4-18(29)5-3-17)35-21(13-33-24)38-9-8-36(27(38)44)7-6-32-22(40)11-31/h2-5,10,13H,6-9,11-12,14-16,31H2,1H3,(H,32,40)(H,34,42). The third-order valence-electron chi connectivity index (χ3n) is 7.34. The van der Waals surface area contributed by atoms with Crippen LogP contribution in [0.4, 0.5) is 15.0 Å². The van der Waals surface area contributed by atoms with Gasteiger partial charge in [-0.15, -0.1) is 0 Å². The number of anilines is 1. The quantitative estimate of drug-likeness (QED) is 0.287. The first kappa shape index (κ1) is 30.8. The second-order valence-corrected chi connectivity index (χ2v) is 11.3. The summed E-state index contributed by atoms with van der Waals surface area (Å²) in [5.41, 5.74) is 3.61. The van der Waals surface area contributed by atoms with Crippen molar-refractivity contribution in [3.05, 3.63) is 63.0 Å². The van der Waals surface area contributed by atoms with E-state index in [4.69, 9.17) is 17.3 Å². The number of hydrogen-bond donors (Lipinski definition) is 3. The van der Waals surface area contributed by atoms with Gasteiger partial charge in [-0.2, -0.15) is 0 Å². The average Bonchev–Trinajstić information content (AvgIpc) is 3.35. The van der Waals surface area contributed by atoms with Crippen LogP contribution in [0.15, 0.2) is 41.3 Å². The van der Waals surface area contributed by atoms with Gasteiger partial charge in [-0.3, -0.25) is 28.6 Å². The van der Waals surface area contributed by atoms with Crippen LogP contribution in [0, 0.1) is 0 Å². The van der Waals surface area contributed by atoms with E-state index < -0.39 is 29.6 Å². The highest BCUT2D eigenvalue weighted by atomic mass is 35.5. The molecule has 2 aromatic heterocycles. The molecule has 0 unspecified atom stereocenters. The van der Waals surface area contributed by atoms with Crippen molar-refractivity contribution < 1.29 is 23.6 Å². The highest BCUT2D eigenvalue weighted by molar-refractivity contribution is 6.30. The molecule has 2 aliphatic heterocycles. The fraction of sp³-hybridized carbons (Fsp3) is 0.393. The minimum Gasteiger partial charge on any atom is -0.353 e. The molecular formula is C28H31ClFN9O5. The SMILES string of the molecule is CC1(F)CN(C(=O)Cn2c(=O)c(C(=O)NCc3ccc(Cl)cc3)cc3nc(N4CCN(CCNC(=O)CN)C4=O)cnc32)C1. The number of benzene rings is 1. The first-order valence-corrected chi connectivity index (χ1v) is 14.3. The molecule has 232 valence electrons. The monoisotopic (exact) mass is 627 g/mol.